The van der Waals surface area contributed by atoms with Crippen molar-refractivity contribution in [3.8, 4) is 11.5 Å². The molecule has 1 aromatic heterocycles. The number of nitrogens with zero attached hydrogens (tertiary/aromatic N) is 1. The molecule has 194 valence electrons. The number of halogens is 1. The van der Waals surface area contributed by atoms with E-state index >= 15 is 0 Å². The van der Waals surface area contributed by atoms with Gasteiger partial charge < -0.3 is 19.7 Å². The Bertz CT molecular complexity index is 899. The van der Waals surface area contributed by atoms with Gasteiger partial charge in [0.05, 0.1) is 26.0 Å². The third-order valence-electron chi connectivity index (χ3n) is 5.77. The number of rotatable bonds is 17. The van der Waals surface area contributed by atoms with Gasteiger partial charge in [-0.05, 0) is 68.0 Å². The van der Waals surface area contributed by atoms with E-state index in [0.717, 1.165) is 37.9 Å². The van der Waals surface area contributed by atoms with Crippen LogP contribution in [0.5, 0.6) is 11.5 Å². The van der Waals surface area contributed by atoms with E-state index in [1.807, 2.05) is 19.1 Å². The van der Waals surface area contributed by atoms with Gasteiger partial charge in [0.25, 0.3) is 0 Å². The largest absolute Gasteiger partial charge is 0.497 e. The van der Waals surface area contributed by atoms with Crippen molar-refractivity contribution in [1.29, 1.82) is 0 Å². The summed E-state index contributed by atoms with van der Waals surface area (Å²) in [6.45, 7) is 2.39. The molecule has 0 saturated heterocycles. The zero-order valence-electron chi connectivity index (χ0n) is 21.0. The molecule has 0 fully saturated rings. The van der Waals surface area contributed by atoms with E-state index in [4.69, 9.17) is 9.47 Å². The smallest absolute Gasteiger partial charge is 0.331 e. The van der Waals surface area contributed by atoms with Crippen LogP contribution in [0.15, 0.2) is 42.0 Å². The van der Waals surface area contributed by atoms with Crippen molar-refractivity contribution in [3.63, 3.8) is 0 Å². The minimum atomic E-state index is -0.942. The van der Waals surface area contributed by atoms with Gasteiger partial charge in [-0.25, -0.2) is 9.78 Å². The average molecular weight is 506 g/mol. The number of pyridine rings is 1. The van der Waals surface area contributed by atoms with Gasteiger partial charge in [0.2, 0.25) is 0 Å². The predicted molar refractivity (Wildman–Crippen MR) is 142 cm³/mol. The van der Waals surface area contributed by atoms with Crippen molar-refractivity contribution in [1.82, 2.24) is 4.98 Å². The van der Waals surface area contributed by atoms with E-state index in [-0.39, 0.29) is 19.0 Å². The number of carbonyl (C=O) groups is 1. The Kier molecular flexibility index (Phi) is 15.5. The van der Waals surface area contributed by atoms with Gasteiger partial charge in [0.15, 0.2) is 0 Å². The molecule has 0 spiro atoms. The monoisotopic (exact) mass is 505 g/mol. The minimum absolute atomic E-state index is 0. The normalized spacial score (nSPS) is 11.1. The summed E-state index contributed by atoms with van der Waals surface area (Å²) in [5, 5.41) is 18.9. The molecule has 1 heterocycles. The molecule has 2 N–H and O–H groups in total. The SMILES string of the molecule is CCCC/C(=C\c1nc(CO)ccc1OCCCCCCCCc1ccc(OC)cc1)C(=O)O.Cl. The fraction of sp³-hybridized carbons (Fsp3) is 0.500. The Morgan fingerprint density at radius 3 is 2.29 bits per heavy atom. The summed E-state index contributed by atoms with van der Waals surface area (Å²) in [4.78, 5) is 16.0. The molecule has 0 saturated carbocycles. The van der Waals surface area contributed by atoms with Crippen molar-refractivity contribution in [3.05, 3.63) is 58.9 Å². The van der Waals surface area contributed by atoms with Crippen LogP contribution in [0, 0.1) is 0 Å². The number of methoxy groups -OCH3 is 1. The van der Waals surface area contributed by atoms with Crippen LogP contribution in [-0.2, 0) is 17.8 Å². The number of aliphatic hydroxyl groups is 1. The van der Waals surface area contributed by atoms with Crippen LogP contribution in [0.1, 0.15) is 81.7 Å². The predicted octanol–water partition coefficient (Wildman–Crippen LogP) is 6.62. The summed E-state index contributed by atoms with van der Waals surface area (Å²) in [5.41, 5.74) is 2.62. The topological polar surface area (TPSA) is 88.9 Å². The number of carboxylic acid groups (broad SMARTS) is 1. The number of aliphatic hydroxyl groups excluding tert-OH is 1. The van der Waals surface area contributed by atoms with Gasteiger partial charge in [0, 0.05) is 5.57 Å². The number of carboxylic acids is 1. The van der Waals surface area contributed by atoms with Gasteiger partial charge >= 0.3 is 5.97 Å². The lowest BCUT2D eigenvalue weighted by atomic mass is 10.0. The van der Waals surface area contributed by atoms with E-state index in [0.29, 0.717) is 35.7 Å². The van der Waals surface area contributed by atoms with Crippen molar-refractivity contribution in [2.24, 2.45) is 0 Å². The summed E-state index contributed by atoms with van der Waals surface area (Å²) in [6.07, 6.45) is 11.7. The second-order valence-electron chi connectivity index (χ2n) is 8.49. The van der Waals surface area contributed by atoms with Crippen molar-refractivity contribution in [2.45, 2.75) is 77.7 Å². The maximum Gasteiger partial charge on any atom is 0.331 e. The van der Waals surface area contributed by atoms with Crippen LogP contribution in [0.2, 0.25) is 0 Å². The lowest BCUT2D eigenvalue weighted by molar-refractivity contribution is -0.132. The number of hydrogen-bond donors (Lipinski definition) is 2. The first kappa shape index (κ1) is 30.5. The number of aliphatic carboxylic acids is 1. The van der Waals surface area contributed by atoms with Crippen LogP contribution in [0.3, 0.4) is 0 Å². The molecule has 0 aliphatic heterocycles. The van der Waals surface area contributed by atoms with Crippen LogP contribution < -0.4 is 9.47 Å². The van der Waals surface area contributed by atoms with Crippen LogP contribution >= 0.6 is 12.4 Å². The summed E-state index contributed by atoms with van der Waals surface area (Å²) in [5.74, 6) is 0.516. The second-order valence-corrected chi connectivity index (χ2v) is 8.49. The third-order valence-corrected chi connectivity index (χ3v) is 5.77. The second kappa shape index (κ2) is 17.8. The Labute approximate surface area is 215 Å². The Morgan fingerprint density at radius 1 is 0.971 bits per heavy atom. The molecule has 0 aliphatic carbocycles. The highest BCUT2D eigenvalue weighted by Gasteiger charge is 2.11. The number of aryl methyl sites for hydroxylation is 1. The highest BCUT2D eigenvalue weighted by atomic mass is 35.5. The summed E-state index contributed by atoms with van der Waals surface area (Å²) >= 11 is 0. The van der Waals surface area contributed by atoms with Gasteiger partial charge in [-0.3, -0.25) is 0 Å². The molecule has 0 amide bonds. The minimum Gasteiger partial charge on any atom is -0.497 e. The summed E-state index contributed by atoms with van der Waals surface area (Å²) in [6, 6.07) is 11.8. The van der Waals surface area contributed by atoms with Crippen molar-refractivity contribution < 1.29 is 24.5 Å². The lowest BCUT2D eigenvalue weighted by Gasteiger charge is -2.11. The fourth-order valence-corrected chi connectivity index (χ4v) is 3.70. The molecule has 2 rings (SSSR count). The zero-order valence-corrected chi connectivity index (χ0v) is 21.8. The first-order chi connectivity index (χ1) is 16.6. The van der Waals surface area contributed by atoms with Gasteiger partial charge in [-0.2, -0.15) is 0 Å². The van der Waals surface area contributed by atoms with Gasteiger partial charge in [-0.1, -0.05) is 51.2 Å². The third kappa shape index (κ3) is 11.6. The van der Waals surface area contributed by atoms with E-state index in [2.05, 4.69) is 17.1 Å². The quantitative estimate of drug-likeness (QED) is 0.185. The Hall–Kier alpha value is -2.57. The van der Waals surface area contributed by atoms with Gasteiger partial charge in [-0.15, -0.1) is 12.4 Å². The fourth-order valence-electron chi connectivity index (χ4n) is 3.70. The maximum absolute atomic E-state index is 11.6. The molecule has 0 radical (unpaired) electrons. The number of hydrogen-bond acceptors (Lipinski definition) is 5. The molecular weight excluding hydrogens is 466 g/mol. The first-order valence-corrected chi connectivity index (χ1v) is 12.4. The molecular formula is C28H40ClNO5. The lowest BCUT2D eigenvalue weighted by Crippen LogP contribution is -2.05. The number of aromatic nitrogens is 1. The van der Waals surface area contributed by atoms with Gasteiger partial charge in [0.1, 0.15) is 17.2 Å². The number of ether oxygens (including phenoxy) is 2. The molecule has 2 aromatic rings. The molecule has 0 bridgehead atoms. The molecule has 35 heavy (non-hydrogen) atoms. The molecule has 0 unspecified atom stereocenters. The standard InChI is InChI=1S/C28H39NO5.ClH/c1-3-4-12-23(28(31)32)20-26-27(18-15-24(21-30)29-26)34-19-10-8-6-5-7-9-11-22-13-16-25(33-2)17-14-22;/h13-18,20,30H,3-12,19,21H2,1-2H3,(H,31,32);1H/b23-20+;. The maximum atomic E-state index is 11.6. The summed E-state index contributed by atoms with van der Waals surface area (Å²) < 4.78 is 11.1. The molecule has 1 aromatic carbocycles. The molecule has 7 heteroatoms. The Balaban J connectivity index is 0.00000612. The van der Waals surface area contributed by atoms with E-state index < -0.39 is 5.97 Å². The van der Waals surface area contributed by atoms with Crippen LogP contribution in [0.4, 0.5) is 0 Å². The highest BCUT2D eigenvalue weighted by Crippen LogP contribution is 2.23. The molecule has 0 aliphatic rings. The average Bonchev–Trinajstić information content (AvgIpc) is 2.86. The van der Waals surface area contributed by atoms with Crippen LogP contribution in [-0.4, -0.2) is 34.9 Å². The van der Waals surface area contributed by atoms with Crippen LogP contribution in [0.25, 0.3) is 6.08 Å². The van der Waals surface area contributed by atoms with Crippen molar-refractivity contribution >= 4 is 24.5 Å². The Morgan fingerprint density at radius 2 is 1.66 bits per heavy atom. The first-order valence-electron chi connectivity index (χ1n) is 12.4. The number of benzene rings is 1. The molecule has 0 atom stereocenters. The summed E-state index contributed by atoms with van der Waals surface area (Å²) in [7, 11) is 1.68. The molecule has 6 nitrogen and oxygen atoms in total. The van der Waals surface area contributed by atoms with Crippen molar-refractivity contribution in [2.75, 3.05) is 13.7 Å². The number of unbranched alkanes of at least 4 members (excludes halogenated alkanes) is 6. The van der Waals surface area contributed by atoms with E-state index in [1.54, 1.807) is 25.3 Å². The van der Waals surface area contributed by atoms with E-state index in [9.17, 15) is 15.0 Å². The highest BCUT2D eigenvalue weighted by molar-refractivity contribution is 5.92. The zero-order chi connectivity index (χ0) is 24.6. The van der Waals surface area contributed by atoms with E-state index in [1.165, 1.54) is 31.2 Å².